The number of aryl methyl sites for hydroxylation is 2. The number of fused-ring (bicyclic) bond motifs is 1. The Bertz CT molecular complexity index is 1310. The monoisotopic (exact) mass is 526 g/mol. The van der Waals surface area contributed by atoms with Crippen LogP contribution in [0.25, 0.3) is 0 Å². The molecule has 3 atom stereocenters. The largest absolute Gasteiger partial charge is 0.508 e. The Morgan fingerprint density at radius 3 is 2.64 bits per heavy atom. The van der Waals surface area contributed by atoms with E-state index in [-0.39, 0.29) is 12.5 Å². The molecule has 3 aromatic carbocycles. The van der Waals surface area contributed by atoms with Crippen LogP contribution in [-0.2, 0) is 26.5 Å². The van der Waals surface area contributed by atoms with E-state index in [1.165, 1.54) is 16.7 Å². The van der Waals surface area contributed by atoms with E-state index in [9.17, 15) is 9.67 Å². The van der Waals surface area contributed by atoms with Crippen molar-refractivity contribution in [3.8, 4) is 11.5 Å². The van der Waals surface area contributed by atoms with E-state index in [1.807, 2.05) is 36.4 Å². The topological polar surface area (TPSA) is 65.0 Å². The van der Waals surface area contributed by atoms with E-state index in [0.29, 0.717) is 35.5 Å². The lowest BCUT2D eigenvalue weighted by atomic mass is 9.91. The fourth-order valence-electron chi connectivity index (χ4n) is 5.45. The molecule has 3 unspecified atom stereocenters. The van der Waals surface area contributed by atoms with Gasteiger partial charge in [0.05, 0.1) is 12.7 Å². The summed E-state index contributed by atoms with van der Waals surface area (Å²) in [7, 11) is -3.42. The van der Waals surface area contributed by atoms with Gasteiger partial charge in [0.25, 0.3) is 0 Å². The van der Waals surface area contributed by atoms with E-state index >= 15 is 0 Å². The van der Waals surface area contributed by atoms with Crippen LogP contribution >= 0.6 is 19.2 Å². The third-order valence-electron chi connectivity index (χ3n) is 7.35. The second-order valence-corrected chi connectivity index (χ2v) is 12.3. The molecule has 1 aliphatic carbocycles. The molecule has 0 saturated carbocycles. The van der Waals surface area contributed by atoms with Crippen molar-refractivity contribution in [2.45, 2.75) is 58.5 Å². The predicted octanol–water partition coefficient (Wildman–Crippen LogP) is 8.01. The zero-order valence-electron chi connectivity index (χ0n) is 20.9. The van der Waals surface area contributed by atoms with Gasteiger partial charge in [0.2, 0.25) is 0 Å². The highest BCUT2D eigenvalue weighted by Gasteiger charge is 2.35. The molecular formula is C29H32ClO5P. The van der Waals surface area contributed by atoms with Crippen molar-refractivity contribution in [2.24, 2.45) is 0 Å². The number of benzene rings is 3. The smallest absolute Gasteiger partial charge is 0.368 e. The van der Waals surface area contributed by atoms with Gasteiger partial charge in [-0.05, 0) is 103 Å². The quantitative estimate of drug-likeness (QED) is 0.329. The molecule has 0 spiro atoms. The molecule has 7 heteroatoms. The van der Waals surface area contributed by atoms with E-state index in [1.54, 1.807) is 6.07 Å². The highest BCUT2D eigenvalue weighted by molar-refractivity contribution is 7.53. The molecule has 190 valence electrons. The van der Waals surface area contributed by atoms with Gasteiger partial charge in [-0.2, -0.15) is 0 Å². The fourth-order valence-corrected chi connectivity index (χ4v) is 7.15. The Morgan fingerprint density at radius 2 is 1.89 bits per heavy atom. The van der Waals surface area contributed by atoms with Gasteiger partial charge in [0.15, 0.2) is 6.35 Å². The lowest BCUT2D eigenvalue weighted by Gasteiger charge is -2.30. The SMILES string of the molecule is Cc1cc(OCP2(=O)OCCC(c3cccc(Cl)c3)O2)cc(C)c1Cc1ccc(O)c2c1CCC2C. The minimum absolute atomic E-state index is 0.147. The Labute approximate surface area is 217 Å². The van der Waals surface area contributed by atoms with Gasteiger partial charge >= 0.3 is 7.60 Å². The molecule has 0 bridgehead atoms. The average Bonchev–Trinajstić information content (AvgIpc) is 3.24. The summed E-state index contributed by atoms with van der Waals surface area (Å²) in [5.74, 6) is 1.45. The molecule has 1 N–H and O–H groups in total. The third-order valence-corrected chi connectivity index (χ3v) is 9.19. The Hall–Kier alpha value is -2.30. The lowest BCUT2D eigenvalue weighted by Crippen LogP contribution is -2.17. The third kappa shape index (κ3) is 5.21. The Balaban J connectivity index is 1.29. The van der Waals surface area contributed by atoms with Crippen LogP contribution in [0.5, 0.6) is 11.5 Å². The molecule has 0 amide bonds. The normalized spacial score (nSPS) is 23.4. The molecule has 3 aromatic rings. The summed E-state index contributed by atoms with van der Waals surface area (Å²) in [6.45, 7) is 6.66. The first kappa shape index (κ1) is 25.4. The molecule has 2 aliphatic rings. The molecule has 1 heterocycles. The second-order valence-electron chi connectivity index (χ2n) is 9.94. The summed E-state index contributed by atoms with van der Waals surface area (Å²) < 4.78 is 30.7. The van der Waals surface area contributed by atoms with Gasteiger partial charge in [0.1, 0.15) is 11.5 Å². The maximum atomic E-state index is 13.3. The first-order chi connectivity index (χ1) is 17.2. The summed E-state index contributed by atoms with van der Waals surface area (Å²) in [6, 6.07) is 15.3. The number of phenolic OH excluding ortho intramolecular Hbond substituents is 1. The van der Waals surface area contributed by atoms with Crippen LogP contribution in [0.15, 0.2) is 48.5 Å². The number of rotatable bonds is 6. The summed E-state index contributed by atoms with van der Waals surface area (Å²) >= 11 is 6.12. The average molecular weight is 527 g/mol. The van der Waals surface area contributed by atoms with E-state index in [0.717, 1.165) is 41.5 Å². The number of hydrogen-bond acceptors (Lipinski definition) is 5. The maximum Gasteiger partial charge on any atom is 0.368 e. The molecule has 36 heavy (non-hydrogen) atoms. The number of halogens is 1. The van der Waals surface area contributed by atoms with Crippen LogP contribution in [-0.4, -0.2) is 18.1 Å². The maximum absolute atomic E-state index is 13.3. The molecule has 1 aliphatic heterocycles. The van der Waals surface area contributed by atoms with Crippen LogP contribution in [0.3, 0.4) is 0 Å². The molecule has 5 rings (SSSR count). The van der Waals surface area contributed by atoms with Gasteiger partial charge in [-0.3, -0.25) is 9.09 Å². The molecule has 0 aromatic heterocycles. The summed E-state index contributed by atoms with van der Waals surface area (Å²) in [4.78, 5) is 0. The van der Waals surface area contributed by atoms with Crippen molar-refractivity contribution < 1.29 is 23.5 Å². The Kier molecular flexibility index (Phi) is 7.20. The van der Waals surface area contributed by atoms with Crippen molar-refractivity contribution in [2.75, 3.05) is 13.0 Å². The predicted molar refractivity (Wildman–Crippen MR) is 143 cm³/mol. The highest BCUT2D eigenvalue weighted by Crippen LogP contribution is 2.56. The standard InChI is InChI=1S/C29H32ClO5P/c1-18-7-9-25-21(8-10-27(31)29(18)25)16-26-19(2)13-24(14-20(26)3)33-17-36(32)34-12-11-28(35-36)22-5-4-6-23(30)15-22/h4-6,8,10,13-15,18,28,31H,7,9,11-12,16-17H2,1-3H3. The van der Waals surface area contributed by atoms with Crippen molar-refractivity contribution in [3.63, 3.8) is 0 Å². The second kappa shape index (κ2) is 10.2. The minimum atomic E-state index is -3.42. The zero-order chi connectivity index (χ0) is 25.4. The van der Waals surface area contributed by atoms with Crippen molar-refractivity contribution in [3.05, 3.63) is 92.5 Å². The van der Waals surface area contributed by atoms with Gasteiger partial charge in [0, 0.05) is 17.0 Å². The van der Waals surface area contributed by atoms with Crippen molar-refractivity contribution in [1.82, 2.24) is 0 Å². The van der Waals surface area contributed by atoms with E-state index in [2.05, 4.69) is 26.8 Å². The molecule has 0 radical (unpaired) electrons. The fraction of sp³-hybridized carbons (Fsp3) is 0.379. The summed E-state index contributed by atoms with van der Waals surface area (Å²) in [6.07, 6.45) is 3.01. The van der Waals surface area contributed by atoms with Crippen LogP contribution in [0.2, 0.25) is 5.02 Å². The van der Waals surface area contributed by atoms with Crippen LogP contribution in [0.1, 0.15) is 70.7 Å². The van der Waals surface area contributed by atoms with Crippen LogP contribution in [0.4, 0.5) is 0 Å². The summed E-state index contributed by atoms with van der Waals surface area (Å²) in [5.41, 5.74) is 8.02. The molecular weight excluding hydrogens is 495 g/mol. The lowest BCUT2D eigenvalue weighted by molar-refractivity contribution is 0.0725. The van der Waals surface area contributed by atoms with Gasteiger partial charge < -0.3 is 14.4 Å². The summed E-state index contributed by atoms with van der Waals surface area (Å²) in [5, 5.41) is 11.0. The first-order valence-corrected chi connectivity index (χ1v) is 14.6. The van der Waals surface area contributed by atoms with Gasteiger partial charge in [-0.25, -0.2) is 0 Å². The van der Waals surface area contributed by atoms with Crippen molar-refractivity contribution >= 4 is 19.2 Å². The van der Waals surface area contributed by atoms with Gasteiger partial charge in [-0.1, -0.05) is 36.7 Å². The number of aromatic hydroxyl groups is 1. The van der Waals surface area contributed by atoms with Crippen LogP contribution < -0.4 is 4.74 Å². The number of ether oxygens (including phenoxy) is 1. The van der Waals surface area contributed by atoms with Crippen molar-refractivity contribution in [1.29, 1.82) is 0 Å². The van der Waals surface area contributed by atoms with Crippen LogP contribution in [0, 0.1) is 13.8 Å². The molecule has 5 nitrogen and oxygen atoms in total. The highest BCUT2D eigenvalue weighted by atomic mass is 35.5. The first-order valence-electron chi connectivity index (χ1n) is 12.5. The van der Waals surface area contributed by atoms with E-state index in [4.69, 9.17) is 25.4 Å². The van der Waals surface area contributed by atoms with Gasteiger partial charge in [-0.15, -0.1) is 0 Å². The molecule has 1 fully saturated rings. The minimum Gasteiger partial charge on any atom is -0.508 e. The number of hydrogen-bond donors (Lipinski definition) is 1. The zero-order valence-corrected chi connectivity index (χ0v) is 22.6. The molecule has 1 saturated heterocycles. The number of phenols is 1. The van der Waals surface area contributed by atoms with E-state index < -0.39 is 7.60 Å². The Morgan fingerprint density at radius 1 is 1.11 bits per heavy atom.